The van der Waals surface area contributed by atoms with E-state index in [0.29, 0.717) is 22.7 Å². The maximum atomic E-state index is 13.2. The number of rotatable bonds is 10. The average molecular weight is 582 g/mol. The first kappa shape index (κ1) is 28.3. The van der Waals surface area contributed by atoms with Gasteiger partial charge in [0.2, 0.25) is 5.91 Å². The van der Waals surface area contributed by atoms with E-state index in [0.717, 1.165) is 11.1 Å². The molecule has 1 saturated heterocycles. The van der Waals surface area contributed by atoms with Gasteiger partial charge >= 0.3 is 0 Å². The largest absolute Gasteiger partial charge is 0.386 e. The number of nitrogens with two attached hydrogens (primary N) is 1. The van der Waals surface area contributed by atoms with Gasteiger partial charge in [0.1, 0.15) is 12.4 Å². The molecule has 10 nitrogen and oxygen atoms in total. The number of aliphatic hydroxyl groups is 1. The number of carbonyl (C=O) groups excluding carboxylic acids is 1. The first-order valence-electron chi connectivity index (χ1n) is 12.9. The summed E-state index contributed by atoms with van der Waals surface area (Å²) >= 11 is 7.80. The van der Waals surface area contributed by atoms with Gasteiger partial charge < -0.3 is 25.8 Å². The molecule has 40 heavy (non-hydrogen) atoms. The maximum Gasteiger partial charge on any atom is 0.238 e. The number of nitrogens with one attached hydrogen (secondary N) is 1. The van der Waals surface area contributed by atoms with E-state index in [-0.39, 0.29) is 17.0 Å². The molecule has 0 radical (unpaired) electrons. The number of ether oxygens (including phenoxy) is 1. The van der Waals surface area contributed by atoms with Crippen LogP contribution < -0.4 is 16.0 Å². The summed E-state index contributed by atoms with van der Waals surface area (Å²) in [6, 6.07) is 18.7. The van der Waals surface area contributed by atoms with Crippen molar-refractivity contribution in [3.05, 3.63) is 84.4 Å². The van der Waals surface area contributed by atoms with Crippen LogP contribution in [0.3, 0.4) is 0 Å². The van der Waals surface area contributed by atoms with Gasteiger partial charge in [0, 0.05) is 19.8 Å². The Morgan fingerprint density at radius 1 is 1.12 bits per heavy atom. The second-order valence-electron chi connectivity index (χ2n) is 9.80. The Labute approximate surface area is 241 Å². The van der Waals surface area contributed by atoms with Crippen molar-refractivity contribution in [1.82, 2.24) is 24.8 Å². The lowest BCUT2D eigenvalue weighted by molar-refractivity contribution is -0.123. The number of thioether (sulfide) groups is 1. The molecule has 0 unspecified atom stereocenters. The normalized spacial score (nSPS) is 21.6. The van der Waals surface area contributed by atoms with Gasteiger partial charge in [0.15, 0.2) is 23.2 Å². The zero-order valence-electron chi connectivity index (χ0n) is 22.2. The summed E-state index contributed by atoms with van der Waals surface area (Å²) in [5.74, 6) is 0.693. The Hall–Kier alpha value is -3.22. The average Bonchev–Trinajstić information content (AvgIpc) is 3.54. The summed E-state index contributed by atoms with van der Waals surface area (Å²) in [4.78, 5) is 28.1. The number of hydrogen-bond acceptors (Lipinski definition) is 9. The van der Waals surface area contributed by atoms with Gasteiger partial charge in [-0.3, -0.25) is 9.36 Å². The molecule has 0 bridgehead atoms. The molecule has 0 aliphatic carbocycles. The summed E-state index contributed by atoms with van der Waals surface area (Å²) in [7, 11) is 3.72. The number of carbonyl (C=O) groups is 1. The van der Waals surface area contributed by atoms with Gasteiger partial charge in [-0.2, -0.15) is 0 Å². The maximum absolute atomic E-state index is 13.2. The van der Waals surface area contributed by atoms with Crippen molar-refractivity contribution in [2.75, 3.05) is 30.6 Å². The predicted molar refractivity (Wildman–Crippen MR) is 157 cm³/mol. The van der Waals surface area contributed by atoms with Crippen LogP contribution in [0.1, 0.15) is 22.6 Å². The number of fused-ring (bicyclic) bond motifs is 1. The smallest absolute Gasteiger partial charge is 0.238 e. The van der Waals surface area contributed by atoms with Crippen molar-refractivity contribution in [3.63, 3.8) is 0 Å². The molecule has 1 aliphatic rings. The fourth-order valence-electron chi connectivity index (χ4n) is 4.82. The molecule has 0 saturated carbocycles. The van der Waals surface area contributed by atoms with E-state index in [9.17, 15) is 9.90 Å². The standard InChI is InChI=1S/C28H32ClN7O3S/c1-35(2)25-22-26(32-15-31-25)36(16-33-22)28-23(37)21(20(13-29)39-28)34-27(38)19(30)14-40-24(17-9-5-3-6-10-17)18-11-7-4-8-12-18/h3-12,15-16,19-21,23-24,28,37H,13-14,30H2,1-2H3,(H,34,38)/t19-,20-,21-,23-,28-/m1/s1. The minimum Gasteiger partial charge on any atom is -0.386 e. The lowest BCUT2D eigenvalue weighted by atomic mass is 10.0. The Morgan fingerprint density at radius 3 is 2.38 bits per heavy atom. The number of aliphatic hydroxyl groups excluding tert-OH is 1. The molecule has 1 fully saturated rings. The second kappa shape index (κ2) is 12.5. The Kier molecular flexibility index (Phi) is 8.87. The first-order chi connectivity index (χ1) is 19.4. The first-order valence-corrected chi connectivity index (χ1v) is 14.5. The minimum absolute atomic E-state index is 0.0187. The van der Waals surface area contributed by atoms with Crippen molar-refractivity contribution < 1.29 is 14.6 Å². The highest BCUT2D eigenvalue weighted by Gasteiger charge is 2.46. The predicted octanol–water partition coefficient (Wildman–Crippen LogP) is 2.72. The zero-order chi connectivity index (χ0) is 28.2. The molecule has 4 aromatic rings. The molecule has 2 aromatic carbocycles. The number of amides is 1. The number of halogens is 1. The number of benzene rings is 2. The van der Waals surface area contributed by atoms with Crippen molar-refractivity contribution >= 4 is 46.3 Å². The lowest BCUT2D eigenvalue weighted by Crippen LogP contribution is -2.53. The molecular weight excluding hydrogens is 550 g/mol. The number of alkyl halides is 1. The molecule has 0 spiro atoms. The molecule has 5 atom stereocenters. The lowest BCUT2D eigenvalue weighted by Gasteiger charge is -2.24. The second-order valence-corrected chi connectivity index (χ2v) is 11.2. The number of anilines is 1. The van der Waals surface area contributed by atoms with E-state index >= 15 is 0 Å². The van der Waals surface area contributed by atoms with Crippen LogP contribution in [0.4, 0.5) is 5.82 Å². The molecular formula is C28H32ClN7O3S. The molecule has 2 aromatic heterocycles. The molecule has 5 rings (SSSR count). The van der Waals surface area contributed by atoms with E-state index in [1.54, 1.807) is 22.7 Å². The van der Waals surface area contributed by atoms with Crippen LogP contribution in [0.2, 0.25) is 0 Å². The number of nitrogens with zero attached hydrogens (tertiary/aromatic N) is 5. The monoisotopic (exact) mass is 581 g/mol. The van der Waals surface area contributed by atoms with Gasteiger partial charge in [-0.25, -0.2) is 15.0 Å². The van der Waals surface area contributed by atoms with Crippen molar-refractivity contribution in [1.29, 1.82) is 0 Å². The Bertz CT molecular complexity index is 1390. The third kappa shape index (κ3) is 5.79. The van der Waals surface area contributed by atoms with Crippen LogP contribution in [-0.2, 0) is 9.53 Å². The number of aromatic nitrogens is 4. The Balaban J connectivity index is 1.28. The van der Waals surface area contributed by atoms with Crippen LogP contribution in [0.5, 0.6) is 0 Å². The van der Waals surface area contributed by atoms with Crippen LogP contribution >= 0.6 is 23.4 Å². The molecule has 210 valence electrons. The highest BCUT2D eigenvalue weighted by atomic mass is 35.5. The molecule has 12 heteroatoms. The van der Waals surface area contributed by atoms with Crippen molar-refractivity contribution in [2.24, 2.45) is 5.73 Å². The number of imidazole rings is 1. The molecule has 4 N–H and O–H groups in total. The van der Waals surface area contributed by atoms with E-state index in [2.05, 4.69) is 44.5 Å². The third-order valence-corrected chi connectivity index (χ3v) is 8.59. The van der Waals surface area contributed by atoms with Crippen LogP contribution in [0.15, 0.2) is 73.3 Å². The van der Waals surface area contributed by atoms with Gasteiger partial charge in [0.05, 0.1) is 35.6 Å². The SMILES string of the molecule is CN(C)c1ncnc2c1ncn2[C@@H]1O[C@H](CCl)[C@@H](NC(=O)[C@H](N)CSC(c2ccccc2)c2ccccc2)[C@H]1O. The highest BCUT2D eigenvalue weighted by Crippen LogP contribution is 2.36. The minimum atomic E-state index is -1.11. The molecule has 1 amide bonds. The summed E-state index contributed by atoms with van der Waals surface area (Å²) < 4.78 is 7.73. The van der Waals surface area contributed by atoms with Crippen LogP contribution in [-0.4, -0.2) is 80.6 Å². The molecule has 1 aliphatic heterocycles. The summed E-state index contributed by atoms with van der Waals surface area (Å²) in [5, 5.41) is 14.2. The van der Waals surface area contributed by atoms with E-state index in [4.69, 9.17) is 22.1 Å². The zero-order valence-corrected chi connectivity index (χ0v) is 23.7. The molecule has 3 heterocycles. The van der Waals surface area contributed by atoms with Crippen LogP contribution in [0, 0.1) is 0 Å². The summed E-state index contributed by atoms with van der Waals surface area (Å²) in [6.45, 7) is 0. The van der Waals surface area contributed by atoms with Gasteiger partial charge in [-0.15, -0.1) is 23.4 Å². The summed E-state index contributed by atoms with van der Waals surface area (Å²) in [5.41, 5.74) is 9.69. The van der Waals surface area contributed by atoms with E-state index < -0.39 is 30.5 Å². The topological polar surface area (TPSA) is 131 Å². The van der Waals surface area contributed by atoms with E-state index in [1.165, 1.54) is 6.33 Å². The van der Waals surface area contributed by atoms with Crippen LogP contribution in [0.25, 0.3) is 11.2 Å². The fourth-order valence-corrected chi connectivity index (χ4v) is 6.34. The fraction of sp³-hybridized carbons (Fsp3) is 0.357. The Morgan fingerprint density at radius 2 is 1.77 bits per heavy atom. The highest BCUT2D eigenvalue weighted by molar-refractivity contribution is 7.99. The van der Waals surface area contributed by atoms with E-state index in [1.807, 2.05) is 55.4 Å². The third-order valence-electron chi connectivity index (χ3n) is 6.86. The summed E-state index contributed by atoms with van der Waals surface area (Å²) in [6.07, 6.45) is 0.383. The number of hydrogen-bond donors (Lipinski definition) is 3. The van der Waals surface area contributed by atoms with Gasteiger partial charge in [-0.1, -0.05) is 60.7 Å². The van der Waals surface area contributed by atoms with Crippen molar-refractivity contribution in [2.45, 2.75) is 35.8 Å². The quantitative estimate of drug-likeness (QED) is 0.242. The van der Waals surface area contributed by atoms with Gasteiger partial charge in [-0.05, 0) is 11.1 Å². The van der Waals surface area contributed by atoms with Gasteiger partial charge in [0.25, 0.3) is 0 Å². The van der Waals surface area contributed by atoms with Crippen molar-refractivity contribution in [3.8, 4) is 0 Å².